The van der Waals surface area contributed by atoms with E-state index in [1.807, 2.05) is 12.1 Å². The van der Waals surface area contributed by atoms with Crippen LogP contribution < -0.4 is 10.6 Å². The van der Waals surface area contributed by atoms with Crippen LogP contribution in [0, 0.1) is 0 Å². The molecule has 4 heteroatoms. The van der Waals surface area contributed by atoms with E-state index in [1.54, 1.807) is 12.4 Å². The number of benzene rings is 1. The minimum atomic E-state index is 0.0351. The maximum absolute atomic E-state index is 12.0. The maximum Gasteiger partial charge on any atom is 0.224 e. The summed E-state index contributed by atoms with van der Waals surface area (Å²) in [5.74, 6) is 0.0351. The van der Waals surface area contributed by atoms with E-state index in [0.717, 1.165) is 18.5 Å². The summed E-state index contributed by atoms with van der Waals surface area (Å²) in [6, 6.07) is 12.4. The van der Waals surface area contributed by atoms with Gasteiger partial charge in [-0.2, -0.15) is 0 Å². The summed E-state index contributed by atoms with van der Waals surface area (Å²) in [5, 5.41) is 6.48. The maximum atomic E-state index is 12.0. The molecule has 1 aromatic carbocycles. The zero-order chi connectivity index (χ0) is 14.5. The normalized spacial score (nSPS) is 17.0. The molecule has 0 spiro atoms. The Bertz CT molecular complexity index is 612. The lowest BCUT2D eigenvalue weighted by Crippen LogP contribution is -2.39. The van der Waals surface area contributed by atoms with Crippen LogP contribution in [0.1, 0.15) is 22.7 Å². The minimum absolute atomic E-state index is 0.0351. The molecule has 1 aliphatic heterocycles. The fourth-order valence-electron chi connectivity index (χ4n) is 2.74. The van der Waals surface area contributed by atoms with Crippen LogP contribution in [0.3, 0.4) is 0 Å². The molecule has 3 rings (SSSR count). The van der Waals surface area contributed by atoms with E-state index in [0.29, 0.717) is 13.0 Å². The Labute approximate surface area is 124 Å². The first kappa shape index (κ1) is 13.8. The first-order valence-electron chi connectivity index (χ1n) is 7.30. The van der Waals surface area contributed by atoms with Crippen molar-refractivity contribution >= 4 is 5.91 Å². The summed E-state index contributed by atoms with van der Waals surface area (Å²) in [7, 11) is 0. The summed E-state index contributed by atoms with van der Waals surface area (Å²) in [6.45, 7) is 1.58. The molecule has 0 saturated heterocycles. The molecule has 1 amide bonds. The molecule has 2 aromatic rings. The first-order valence-corrected chi connectivity index (χ1v) is 7.30. The Morgan fingerprint density at radius 1 is 1.29 bits per heavy atom. The van der Waals surface area contributed by atoms with Gasteiger partial charge < -0.3 is 10.6 Å². The van der Waals surface area contributed by atoms with Crippen LogP contribution in [-0.2, 0) is 17.6 Å². The third kappa shape index (κ3) is 3.47. The number of nitrogens with zero attached hydrogens (tertiary/aromatic N) is 1. The van der Waals surface area contributed by atoms with Gasteiger partial charge in [0.25, 0.3) is 0 Å². The number of carbonyl (C=O) groups excluding carboxylic acids is 1. The van der Waals surface area contributed by atoms with Crippen molar-refractivity contribution in [2.75, 3.05) is 13.1 Å². The van der Waals surface area contributed by atoms with Crippen LogP contribution in [0.4, 0.5) is 0 Å². The van der Waals surface area contributed by atoms with Gasteiger partial charge in [0.15, 0.2) is 0 Å². The standard InChI is InChI=1S/C17H19N3O/c21-17(10-13-4-3-8-18-11-13)20-12-16-15-6-2-1-5-14(15)7-9-19-16/h1-6,8,11,16,19H,7,9-10,12H2,(H,20,21). The van der Waals surface area contributed by atoms with E-state index in [9.17, 15) is 4.79 Å². The number of amides is 1. The Balaban J connectivity index is 1.57. The Hall–Kier alpha value is -2.20. The predicted molar refractivity (Wildman–Crippen MR) is 81.8 cm³/mol. The summed E-state index contributed by atoms with van der Waals surface area (Å²) >= 11 is 0. The highest BCUT2D eigenvalue weighted by atomic mass is 16.1. The molecule has 0 saturated carbocycles. The van der Waals surface area contributed by atoms with Crippen LogP contribution in [0.5, 0.6) is 0 Å². The lowest BCUT2D eigenvalue weighted by molar-refractivity contribution is -0.120. The summed E-state index contributed by atoms with van der Waals surface area (Å²) in [4.78, 5) is 16.0. The third-order valence-corrected chi connectivity index (χ3v) is 3.81. The molecule has 21 heavy (non-hydrogen) atoms. The van der Waals surface area contributed by atoms with Crippen LogP contribution >= 0.6 is 0 Å². The Kier molecular flexibility index (Phi) is 4.26. The van der Waals surface area contributed by atoms with Gasteiger partial charge in [0.1, 0.15) is 0 Å². The zero-order valence-corrected chi connectivity index (χ0v) is 11.9. The predicted octanol–water partition coefficient (Wildman–Crippen LogP) is 1.63. The molecule has 1 atom stereocenters. The van der Waals surface area contributed by atoms with Gasteiger partial charge in [-0.3, -0.25) is 9.78 Å². The second-order valence-electron chi connectivity index (χ2n) is 5.30. The van der Waals surface area contributed by atoms with Crippen LogP contribution in [0.15, 0.2) is 48.8 Å². The first-order chi connectivity index (χ1) is 10.3. The molecule has 0 radical (unpaired) electrons. The number of carbonyl (C=O) groups is 1. The van der Waals surface area contributed by atoms with Gasteiger partial charge in [-0.15, -0.1) is 0 Å². The molecule has 2 N–H and O–H groups in total. The average molecular weight is 281 g/mol. The smallest absolute Gasteiger partial charge is 0.224 e. The molecule has 1 aromatic heterocycles. The van der Waals surface area contributed by atoms with Gasteiger partial charge in [0.05, 0.1) is 6.42 Å². The molecular weight excluding hydrogens is 262 g/mol. The number of hydrogen-bond donors (Lipinski definition) is 2. The molecule has 0 aliphatic carbocycles. The van der Waals surface area contributed by atoms with Crippen molar-refractivity contribution in [2.24, 2.45) is 0 Å². The van der Waals surface area contributed by atoms with Gasteiger partial charge in [-0.05, 0) is 35.7 Å². The van der Waals surface area contributed by atoms with Crippen molar-refractivity contribution in [3.63, 3.8) is 0 Å². The number of pyridine rings is 1. The largest absolute Gasteiger partial charge is 0.354 e. The third-order valence-electron chi connectivity index (χ3n) is 3.81. The van der Waals surface area contributed by atoms with E-state index in [-0.39, 0.29) is 11.9 Å². The fraction of sp³-hybridized carbons (Fsp3) is 0.294. The average Bonchev–Trinajstić information content (AvgIpc) is 2.54. The fourth-order valence-corrected chi connectivity index (χ4v) is 2.74. The molecular formula is C17H19N3O. The zero-order valence-electron chi connectivity index (χ0n) is 11.9. The van der Waals surface area contributed by atoms with Crippen LogP contribution in [-0.4, -0.2) is 24.0 Å². The number of nitrogens with one attached hydrogen (secondary N) is 2. The molecule has 4 nitrogen and oxygen atoms in total. The highest BCUT2D eigenvalue weighted by Crippen LogP contribution is 2.21. The van der Waals surface area contributed by atoms with Crippen molar-refractivity contribution in [3.8, 4) is 0 Å². The van der Waals surface area contributed by atoms with Gasteiger partial charge in [0, 0.05) is 25.0 Å². The van der Waals surface area contributed by atoms with Gasteiger partial charge in [-0.1, -0.05) is 30.3 Å². The quantitative estimate of drug-likeness (QED) is 0.895. The van der Waals surface area contributed by atoms with E-state index in [4.69, 9.17) is 0 Å². The summed E-state index contributed by atoms with van der Waals surface area (Å²) in [6.07, 6.45) is 4.87. The second-order valence-corrected chi connectivity index (χ2v) is 5.30. The van der Waals surface area contributed by atoms with Crippen molar-refractivity contribution < 1.29 is 4.79 Å². The molecule has 0 bridgehead atoms. The molecule has 1 aliphatic rings. The number of fused-ring (bicyclic) bond motifs is 1. The van der Waals surface area contributed by atoms with Gasteiger partial charge >= 0.3 is 0 Å². The van der Waals surface area contributed by atoms with E-state index in [1.165, 1.54) is 11.1 Å². The molecule has 1 unspecified atom stereocenters. The highest BCUT2D eigenvalue weighted by Gasteiger charge is 2.19. The minimum Gasteiger partial charge on any atom is -0.354 e. The topological polar surface area (TPSA) is 54.0 Å². The number of aromatic nitrogens is 1. The Morgan fingerprint density at radius 2 is 2.19 bits per heavy atom. The van der Waals surface area contributed by atoms with Crippen molar-refractivity contribution in [1.82, 2.24) is 15.6 Å². The van der Waals surface area contributed by atoms with Gasteiger partial charge in [0.2, 0.25) is 5.91 Å². The van der Waals surface area contributed by atoms with Crippen molar-refractivity contribution in [1.29, 1.82) is 0 Å². The van der Waals surface area contributed by atoms with Crippen LogP contribution in [0.25, 0.3) is 0 Å². The molecule has 108 valence electrons. The van der Waals surface area contributed by atoms with Crippen LogP contribution in [0.2, 0.25) is 0 Å². The van der Waals surface area contributed by atoms with E-state index in [2.05, 4.69) is 39.9 Å². The molecule has 2 heterocycles. The SMILES string of the molecule is O=C(Cc1cccnc1)NCC1NCCc2ccccc21. The highest BCUT2D eigenvalue weighted by molar-refractivity contribution is 5.78. The Morgan fingerprint density at radius 3 is 3.05 bits per heavy atom. The van der Waals surface area contributed by atoms with Gasteiger partial charge in [-0.25, -0.2) is 0 Å². The van der Waals surface area contributed by atoms with Crippen molar-refractivity contribution in [3.05, 3.63) is 65.5 Å². The number of rotatable bonds is 4. The monoisotopic (exact) mass is 281 g/mol. The van der Waals surface area contributed by atoms with Crippen molar-refractivity contribution in [2.45, 2.75) is 18.9 Å². The lowest BCUT2D eigenvalue weighted by Gasteiger charge is -2.27. The molecule has 0 fully saturated rings. The summed E-state index contributed by atoms with van der Waals surface area (Å²) in [5.41, 5.74) is 3.61. The van der Waals surface area contributed by atoms with E-state index >= 15 is 0 Å². The second kappa shape index (κ2) is 6.50. The lowest BCUT2D eigenvalue weighted by atomic mass is 9.94. The van der Waals surface area contributed by atoms with E-state index < -0.39 is 0 Å². The summed E-state index contributed by atoms with van der Waals surface area (Å²) < 4.78 is 0. The number of hydrogen-bond acceptors (Lipinski definition) is 3.